The maximum absolute atomic E-state index is 11.5. The molecule has 7 heteroatoms. The summed E-state index contributed by atoms with van der Waals surface area (Å²) in [7, 11) is 0. The predicted octanol–water partition coefficient (Wildman–Crippen LogP) is 2.69. The van der Waals surface area contributed by atoms with Crippen molar-refractivity contribution in [2.75, 3.05) is 6.54 Å². The first kappa shape index (κ1) is 14.5. The summed E-state index contributed by atoms with van der Waals surface area (Å²) in [5.74, 6) is -1.40. The molecule has 0 fully saturated rings. The van der Waals surface area contributed by atoms with Gasteiger partial charge < -0.3 is 9.47 Å². The lowest BCUT2D eigenvalue weighted by Gasteiger charge is -2.31. The van der Waals surface area contributed by atoms with Gasteiger partial charge in [-0.2, -0.15) is 0 Å². The molecule has 1 aromatic heterocycles. The minimum atomic E-state index is -1.03. The molecule has 0 aromatic carbocycles. The van der Waals surface area contributed by atoms with Crippen LogP contribution in [0, 0.1) is 10.1 Å². The van der Waals surface area contributed by atoms with Crippen molar-refractivity contribution in [2.45, 2.75) is 32.0 Å². The van der Waals surface area contributed by atoms with Crippen LogP contribution in [0.25, 0.3) is 0 Å². The molecule has 20 heavy (non-hydrogen) atoms. The summed E-state index contributed by atoms with van der Waals surface area (Å²) < 4.78 is 10.5. The zero-order valence-electron chi connectivity index (χ0n) is 11.2. The van der Waals surface area contributed by atoms with Gasteiger partial charge in [-0.3, -0.25) is 10.1 Å². The number of hydrogen-bond acceptors (Lipinski definition) is 6. The van der Waals surface area contributed by atoms with Crippen LogP contribution in [0.15, 0.2) is 29.3 Å². The maximum Gasteiger partial charge on any atom is 0.337 e. The Labute approximate surface area is 120 Å². The highest BCUT2D eigenvalue weighted by atomic mass is 32.1. The van der Waals surface area contributed by atoms with Crippen molar-refractivity contribution in [1.82, 2.24) is 0 Å². The van der Waals surface area contributed by atoms with Gasteiger partial charge in [0.05, 0.1) is 12.0 Å². The molecule has 0 aliphatic carbocycles. The van der Waals surface area contributed by atoms with E-state index >= 15 is 0 Å². The van der Waals surface area contributed by atoms with Crippen LogP contribution in [0.5, 0.6) is 0 Å². The van der Waals surface area contributed by atoms with Crippen LogP contribution >= 0.6 is 11.3 Å². The number of cyclic esters (lactones) is 1. The van der Waals surface area contributed by atoms with Crippen LogP contribution in [-0.2, 0) is 14.3 Å². The molecule has 1 aliphatic rings. The van der Waals surface area contributed by atoms with Crippen molar-refractivity contribution in [2.24, 2.45) is 0 Å². The molecular formula is C13H15NO5S. The van der Waals surface area contributed by atoms with E-state index in [9.17, 15) is 14.9 Å². The molecule has 2 rings (SSSR count). The van der Waals surface area contributed by atoms with Gasteiger partial charge in [-0.1, -0.05) is 6.07 Å². The fourth-order valence-electron chi connectivity index (χ4n) is 2.07. The Morgan fingerprint density at radius 2 is 2.20 bits per heavy atom. The summed E-state index contributed by atoms with van der Waals surface area (Å²) in [4.78, 5) is 22.8. The number of nitro groups is 1. The van der Waals surface area contributed by atoms with Crippen LogP contribution in [0.2, 0.25) is 0 Å². The molecule has 108 valence electrons. The standard InChI is InChI=1S/C13H15NO5S/c1-13(2)18-10(7-12(15)19-13)6-9(8-14(16)17)11-4-3-5-20-11/h3-5,7,9H,6,8H2,1-2H3. The Balaban J connectivity index is 2.16. The summed E-state index contributed by atoms with van der Waals surface area (Å²) in [6, 6.07) is 3.70. The molecule has 0 radical (unpaired) electrons. The summed E-state index contributed by atoms with van der Waals surface area (Å²) in [5.41, 5.74) is 0. The van der Waals surface area contributed by atoms with Gasteiger partial charge in [-0.25, -0.2) is 4.79 Å². The third-order valence-electron chi connectivity index (χ3n) is 2.76. The number of thiophene rings is 1. The molecule has 0 N–H and O–H groups in total. The fraction of sp³-hybridized carbons (Fsp3) is 0.462. The number of hydrogen-bond donors (Lipinski definition) is 0. The smallest absolute Gasteiger partial charge is 0.337 e. The van der Waals surface area contributed by atoms with E-state index in [0.717, 1.165) is 4.88 Å². The molecule has 1 unspecified atom stereocenters. The predicted molar refractivity (Wildman–Crippen MR) is 72.9 cm³/mol. The molecule has 1 aliphatic heterocycles. The highest BCUT2D eigenvalue weighted by Crippen LogP contribution is 2.32. The number of rotatable bonds is 5. The number of carbonyl (C=O) groups is 1. The molecule has 0 spiro atoms. The first-order valence-corrected chi connectivity index (χ1v) is 7.01. The number of allylic oxidation sites excluding steroid dienone is 1. The van der Waals surface area contributed by atoms with Gasteiger partial charge in [0.15, 0.2) is 0 Å². The summed E-state index contributed by atoms with van der Waals surface area (Å²) >= 11 is 1.46. The highest BCUT2D eigenvalue weighted by molar-refractivity contribution is 7.10. The van der Waals surface area contributed by atoms with Crippen LogP contribution in [0.3, 0.4) is 0 Å². The molecule has 1 atom stereocenters. The number of carbonyl (C=O) groups excluding carboxylic acids is 1. The van der Waals surface area contributed by atoms with E-state index < -0.39 is 11.8 Å². The summed E-state index contributed by atoms with van der Waals surface area (Å²) in [6.07, 6.45) is 1.56. The van der Waals surface area contributed by atoms with Gasteiger partial charge in [0.1, 0.15) is 5.76 Å². The average Bonchev–Trinajstić information content (AvgIpc) is 2.77. The van der Waals surface area contributed by atoms with Crippen molar-refractivity contribution in [3.8, 4) is 0 Å². The van der Waals surface area contributed by atoms with Gasteiger partial charge in [-0.15, -0.1) is 11.3 Å². The van der Waals surface area contributed by atoms with E-state index in [-0.39, 0.29) is 17.4 Å². The SMILES string of the molecule is CC1(C)OC(=O)C=C(CC(C[N+](=O)[O-])c2cccs2)O1. The fourth-order valence-corrected chi connectivity index (χ4v) is 2.89. The quantitative estimate of drug-likeness (QED) is 0.474. The van der Waals surface area contributed by atoms with E-state index in [4.69, 9.17) is 9.47 Å². The van der Waals surface area contributed by atoms with E-state index in [2.05, 4.69) is 0 Å². The Kier molecular flexibility index (Phi) is 4.08. The lowest BCUT2D eigenvalue weighted by Crippen LogP contribution is -2.34. The molecule has 0 saturated carbocycles. The van der Waals surface area contributed by atoms with Crippen LogP contribution in [0.1, 0.15) is 31.1 Å². The molecule has 1 aromatic rings. The van der Waals surface area contributed by atoms with Crippen molar-refractivity contribution in [3.63, 3.8) is 0 Å². The van der Waals surface area contributed by atoms with Gasteiger partial charge in [-0.05, 0) is 11.4 Å². The summed E-state index contributed by atoms with van der Waals surface area (Å²) in [5, 5.41) is 12.7. The van der Waals surface area contributed by atoms with E-state index in [1.807, 2.05) is 17.5 Å². The van der Waals surface area contributed by atoms with Crippen molar-refractivity contribution < 1.29 is 19.2 Å². The monoisotopic (exact) mass is 297 g/mol. The van der Waals surface area contributed by atoms with Crippen molar-refractivity contribution in [3.05, 3.63) is 44.3 Å². The zero-order valence-corrected chi connectivity index (χ0v) is 12.0. The summed E-state index contributed by atoms with van der Waals surface area (Å²) in [6.45, 7) is 3.06. The van der Waals surface area contributed by atoms with Gasteiger partial charge in [0.2, 0.25) is 12.3 Å². The van der Waals surface area contributed by atoms with Gasteiger partial charge in [0, 0.05) is 30.1 Å². The number of nitrogens with zero attached hydrogens (tertiary/aromatic N) is 1. The lowest BCUT2D eigenvalue weighted by molar-refractivity contribution is -0.483. The number of ether oxygens (including phenoxy) is 2. The molecule has 0 amide bonds. The second-order valence-corrected chi connectivity index (χ2v) is 5.94. The Bertz CT molecular complexity index is 535. The Hall–Kier alpha value is -1.89. The number of esters is 1. The largest absolute Gasteiger partial charge is 0.457 e. The first-order valence-electron chi connectivity index (χ1n) is 6.13. The van der Waals surface area contributed by atoms with Crippen LogP contribution in [0.4, 0.5) is 0 Å². The minimum Gasteiger partial charge on any atom is -0.457 e. The van der Waals surface area contributed by atoms with Gasteiger partial charge in [0.25, 0.3) is 0 Å². The lowest BCUT2D eigenvalue weighted by atomic mass is 10.0. The van der Waals surface area contributed by atoms with E-state index in [1.165, 1.54) is 17.4 Å². The molecule has 0 bridgehead atoms. The van der Waals surface area contributed by atoms with Crippen LogP contribution in [-0.4, -0.2) is 23.2 Å². The highest BCUT2D eigenvalue weighted by Gasteiger charge is 2.32. The maximum atomic E-state index is 11.5. The second-order valence-electron chi connectivity index (χ2n) is 4.97. The molecule has 6 nitrogen and oxygen atoms in total. The van der Waals surface area contributed by atoms with E-state index in [1.54, 1.807) is 13.8 Å². The topological polar surface area (TPSA) is 78.7 Å². The third-order valence-corrected chi connectivity index (χ3v) is 3.80. The van der Waals surface area contributed by atoms with Crippen molar-refractivity contribution >= 4 is 17.3 Å². The van der Waals surface area contributed by atoms with E-state index in [0.29, 0.717) is 12.2 Å². The molecule has 0 saturated heterocycles. The van der Waals surface area contributed by atoms with Gasteiger partial charge >= 0.3 is 5.97 Å². The minimum absolute atomic E-state index is 0.198. The normalized spacial score (nSPS) is 18.7. The first-order chi connectivity index (χ1) is 9.35. The average molecular weight is 297 g/mol. The third kappa shape index (κ3) is 3.80. The Morgan fingerprint density at radius 1 is 1.45 bits per heavy atom. The van der Waals surface area contributed by atoms with Crippen molar-refractivity contribution in [1.29, 1.82) is 0 Å². The van der Waals surface area contributed by atoms with Crippen LogP contribution < -0.4 is 0 Å². The second kappa shape index (κ2) is 5.62. The molecule has 2 heterocycles. The zero-order chi connectivity index (χ0) is 14.8. The molecular weight excluding hydrogens is 282 g/mol. The Morgan fingerprint density at radius 3 is 2.75 bits per heavy atom.